The standard InChI is InChI=1S/C29H32N4O3S/c1-2-3-21-36-24-15-13-22(14-16-24)27(34)31-29(37)30-25-11-7-8-12-26(25)32-17-19-33(20-18-32)28(35)23-9-5-4-6-10-23/h4-16H,2-3,17-21H2,1H3,(H2,30,31,34,37). The van der Waals surface area contributed by atoms with Gasteiger partial charge in [0.1, 0.15) is 5.75 Å². The van der Waals surface area contributed by atoms with Gasteiger partial charge in [-0.3, -0.25) is 14.9 Å². The van der Waals surface area contributed by atoms with Crippen LogP contribution in [0, 0.1) is 0 Å². The summed E-state index contributed by atoms with van der Waals surface area (Å²) in [5, 5.41) is 6.14. The van der Waals surface area contributed by atoms with Crippen LogP contribution in [0.4, 0.5) is 11.4 Å². The first-order valence-corrected chi connectivity index (χ1v) is 13.0. The van der Waals surface area contributed by atoms with Crippen LogP contribution >= 0.6 is 12.2 Å². The minimum atomic E-state index is -0.289. The molecule has 1 aliphatic heterocycles. The van der Waals surface area contributed by atoms with E-state index >= 15 is 0 Å². The van der Waals surface area contributed by atoms with Crippen LogP contribution in [0.3, 0.4) is 0 Å². The molecule has 2 amide bonds. The molecule has 3 aromatic carbocycles. The van der Waals surface area contributed by atoms with Crippen molar-refractivity contribution in [1.82, 2.24) is 10.2 Å². The first-order valence-electron chi connectivity index (χ1n) is 12.6. The number of nitrogens with zero attached hydrogens (tertiary/aromatic N) is 2. The van der Waals surface area contributed by atoms with Gasteiger partial charge in [-0.2, -0.15) is 0 Å². The molecule has 0 saturated carbocycles. The fraction of sp³-hybridized carbons (Fsp3) is 0.276. The Bertz CT molecular complexity index is 1210. The second-order valence-corrected chi connectivity index (χ2v) is 9.21. The predicted molar refractivity (Wildman–Crippen MR) is 152 cm³/mol. The number of amides is 2. The zero-order valence-electron chi connectivity index (χ0n) is 21.0. The third-order valence-corrected chi connectivity index (χ3v) is 6.39. The van der Waals surface area contributed by atoms with E-state index in [0.29, 0.717) is 43.9 Å². The van der Waals surface area contributed by atoms with Crippen LogP contribution in [0.1, 0.15) is 40.5 Å². The zero-order chi connectivity index (χ0) is 26.0. The molecular formula is C29H32N4O3S. The second-order valence-electron chi connectivity index (χ2n) is 8.80. The molecule has 0 bridgehead atoms. The van der Waals surface area contributed by atoms with Crippen molar-refractivity contribution in [3.8, 4) is 5.75 Å². The van der Waals surface area contributed by atoms with Crippen molar-refractivity contribution in [2.45, 2.75) is 19.8 Å². The van der Waals surface area contributed by atoms with Crippen LogP contribution < -0.4 is 20.3 Å². The Kier molecular flexibility index (Phi) is 9.10. The quantitative estimate of drug-likeness (QED) is 0.326. The van der Waals surface area contributed by atoms with Gasteiger partial charge in [0.05, 0.1) is 18.0 Å². The summed E-state index contributed by atoms with van der Waals surface area (Å²) in [5.41, 5.74) is 2.98. The Morgan fingerprint density at radius 2 is 1.54 bits per heavy atom. The Morgan fingerprint density at radius 1 is 0.865 bits per heavy atom. The number of benzene rings is 3. The third-order valence-electron chi connectivity index (χ3n) is 6.19. The summed E-state index contributed by atoms with van der Waals surface area (Å²) in [6, 6.07) is 24.2. The van der Waals surface area contributed by atoms with E-state index in [4.69, 9.17) is 17.0 Å². The van der Waals surface area contributed by atoms with Gasteiger partial charge in [0.15, 0.2) is 5.11 Å². The number of carbonyl (C=O) groups excluding carboxylic acids is 2. The van der Waals surface area contributed by atoms with Crippen molar-refractivity contribution in [3.05, 3.63) is 90.0 Å². The van der Waals surface area contributed by atoms with E-state index in [2.05, 4.69) is 22.5 Å². The van der Waals surface area contributed by atoms with Crippen molar-refractivity contribution in [3.63, 3.8) is 0 Å². The van der Waals surface area contributed by atoms with E-state index in [0.717, 1.165) is 30.0 Å². The molecular weight excluding hydrogens is 484 g/mol. The minimum Gasteiger partial charge on any atom is -0.494 e. The lowest BCUT2D eigenvalue weighted by Gasteiger charge is -2.37. The van der Waals surface area contributed by atoms with Crippen LogP contribution in [0.15, 0.2) is 78.9 Å². The summed E-state index contributed by atoms with van der Waals surface area (Å²) in [5.74, 6) is 0.504. The number of para-hydroxylation sites is 2. The molecule has 3 aromatic rings. The number of unbranched alkanes of at least 4 members (excludes halogenated alkanes) is 1. The lowest BCUT2D eigenvalue weighted by atomic mass is 10.1. The van der Waals surface area contributed by atoms with E-state index in [-0.39, 0.29) is 16.9 Å². The van der Waals surface area contributed by atoms with Gasteiger partial charge < -0.3 is 19.9 Å². The SMILES string of the molecule is CCCCOc1ccc(C(=O)NC(=S)Nc2ccccc2N2CCN(C(=O)c3ccccc3)CC2)cc1. The number of ether oxygens (including phenoxy) is 1. The maximum atomic E-state index is 12.8. The highest BCUT2D eigenvalue weighted by Gasteiger charge is 2.23. The topological polar surface area (TPSA) is 73.9 Å². The van der Waals surface area contributed by atoms with Crippen molar-refractivity contribution in [2.75, 3.05) is 43.0 Å². The number of carbonyl (C=O) groups is 2. The van der Waals surface area contributed by atoms with Crippen LogP contribution in [-0.4, -0.2) is 54.6 Å². The van der Waals surface area contributed by atoms with E-state index in [1.807, 2.05) is 59.5 Å². The first-order chi connectivity index (χ1) is 18.0. The molecule has 2 N–H and O–H groups in total. The smallest absolute Gasteiger partial charge is 0.257 e. The van der Waals surface area contributed by atoms with Gasteiger partial charge in [0, 0.05) is 37.3 Å². The molecule has 37 heavy (non-hydrogen) atoms. The normalized spacial score (nSPS) is 13.1. The Balaban J connectivity index is 1.32. The summed E-state index contributed by atoms with van der Waals surface area (Å²) in [7, 11) is 0. The van der Waals surface area contributed by atoms with Crippen molar-refractivity contribution >= 4 is 40.5 Å². The lowest BCUT2D eigenvalue weighted by Crippen LogP contribution is -2.49. The van der Waals surface area contributed by atoms with Crippen LogP contribution in [0.2, 0.25) is 0 Å². The average molecular weight is 517 g/mol. The first kappa shape index (κ1) is 26.2. The van der Waals surface area contributed by atoms with Gasteiger partial charge in [0.2, 0.25) is 0 Å². The molecule has 0 unspecified atom stereocenters. The van der Waals surface area contributed by atoms with Crippen molar-refractivity contribution in [2.24, 2.45) is 0 Å². The molecule has 192 valence electrons. The molecule has 8 heteroatoms. The number of piperazine rings is 1. The van der Waals surface area contributed by atoms with E-state index < -0.39 is 0 Å². The second kappa shape index (κ2) is 12.9. The summed E-state index contributed by atoms with van der Waals surface area (Å²) in [6.45, 7) is 5.42. The molecule has 0 atom stereocenters. The Hall–Kier alpha value is -3.91. The molecule has 4 rings (SSSR count). The number of hydrogen-bond acceptors (Lipinski definition) is 5. The largest absolute Gasteiger partial charge is 0.494 e. The number of thiocarbonyl (C=S) groups is 1. The molecule has 0 radical (unpaired) electrons. The van der Waals surface area contributed by atoms with Gasteiger partial charge >= 0.3 is 0 Å². The van der Waals surface area contributed by atoms with Gasteiger partial charge in [-0.1, -0.05) is 43.7 Å². The Morgan fingerprint density at radius 3 is 2.24 bits per heavy atom. The summed E-state index contributed by atoms with van der Waals surface area (Å²) in [4.78, 5) is 29.6. The molecule has 0 aromatic heterocycles. The van der Waals surface area contributed by atoms with Crippen molar-refractivity contribution < 1.29 is 14.3 Å². The molecule has 0 aliphatic carbocycles. The number of hydrogen-bond donors (Lipinski definition) is 2. The molecule has 1 heterocycles. The average Bonchev–Trinajstić information content (AvgIpc) is 2.94. The minimum absolute atomic E-state index is 0.0519. The lowest BCUT2D eigenvalue weighted by molar-refractivity contribution is 0.0746. The number of rotatable bonds is 8. The van der Waals surface area contributed by atoms with Crippen LogP contribution in [-0.2, 0) is 0 Å². The zero-order valence-corrected chi connectivity index (χ0v) is 21.8. The summed E-state index contributed by atoms with van der Waals surface area (Å²) in [6.07, 6.45) is 2.06. The van der Waals surface area contributed by atoms with E-state index in [9.17, 15) is 9.59 Å². The highest BCUT2D eigenvalue weighted by atomic mass is 32.1. The van der Waals surface area contributed by atoms with E-state index in [1.54, 1.807) is 24.3 Å². The van der Waals surface area contributed by atoms with Gasteiger partial charge in [-0.05, 0) is 67.2 Å². The van der Waals surface area contributed by atoms with Gasteiger partial charge in [-0.25, -0.2) is 0 Å². The number of nitrogens with one attached hydrogen (secondary N) is 2. The highest BCUT2D eigenvalue weighted by Crippen LogP contribution is 2.27. The van der Waals surface area contributed by atoms with Crippen LogP contribution in [0.25, 0.3) is 0 Å². The fourth-order valence-corrected chi connectivity index (χ4v) is 4.34. The molecule has 1 aliphatic rings. The van der Waals surface area contributed by atoms with E-state index in [1.165, 1.54) is 0 Å². The Labute approximate surface area is 223 Å². The summed E-state index contributed by atoms with van der Waals surface area (Å²) >= 11 is 5.44. The monoisotopic (exact) mass is 516 g/mol. The van der Waals surface area contributed by atoms with Gasteiger partial charge in [-0.15, -0.1) is 0 Å². The predicted octanol–water partition coefficient (Wildman–Crippen LogP) is 4.95. The molecule has 1 fully saturated rings. The molecule has 1 saturated heterocycles. The molecule has 0 spiro atoms. The maximum Gasteiger partial charge on any atom is 0.257 e. The summed E-state index contributed by atoms with van der Waals surface area (Å²) < 4.78 is 5.66. The van der Waals surface area contributed by atoms with Crippen molar-refractivity contribution in [1.29, 1.82) is 0 Å². The number of anilines is 2. The third kappa shape index (κ3) is 7.07. The van der Waals surface area contributed by atoms with Crippen LogP contribution in [0.5, 0.6) is 5.75 Å². The highest BCUT2D eigenvalue weighted by molar-refractivity contribution is 7.80. The maximum absolute atomic E-state index is 12.8. The fourth-order valence-electron chi connectivity index (χ4n) is 4.13. The van der Waals surface area contributed by atoms with Gasteiger partial charge in [0.25, 0.3) is 11.8 Å². The molecule has 7 nitrogen and oxygen atoms in total.